The molecule has 21 heavy (non-hydrogen) atoms. The monoisotopic (exact) mass is 307 g/mol. The summed E-state index contributed by atoms with van der Waals surface area (Å²) in [7, 11) is 1.75. The maximum absolute atomic E-state index is 13.2. The van der Waals surface area contributed by atoms with Gasteiger partial charge in [-0.05, 0) is 49.0 Å². The van der Waals surface area contributed by atoms with E-state index in [0.29, 0.717) is 27.3 Å². The molecule has 0 radical (unpaired) electrons. The smallest absolute Gasteiger partial charge is 0.134 e. The van der Waals surface area contributed by atoms with E-state index in [1.807, 2.05) is 0 Å². The summed E-state index contributed by atoms with van der Waals surface area (Å²) in [6.45, 7) is 0. The van der Waals surface area contributed by atoms with E-state index in [2.05, 4.69) is 5.32 Å². The van der Waals surface area contributed by atoms with Crippen LogP contribution in [0.4, 0.5) is 8.78 Å². The van der Waals surface area contributed by atoms with Crippen LogP contribution in [0, 0.1) is 11.6 Å². The SMILES string of the molecule is CNC(c1cc2cc(F)ccc2o1)c1ccc(F)cc1Cl. The first-order chi connectivity index (χ1) is 10.1. The molecular formula is C16H12ClF2NO. The topological polar surface area (TPSA) is 25.2 Å². The van der Waals surface area contributed by atoms with Crippen LogP contribution < -0.4 is 5.32 Å². The maximum Gasteiger partial charge on any atom is 0.134 e. The predicted octanol–water partition coefficient (Wildman–Crippen LogP) is 4.67. The molecule has 2 aromatic carbocycles. The number of hydrogen-bond acceptors (Lipinski definition) is 2. The van der Waals surface area contributed by atoms with Crippen molar-refractivity contribution < 1.29 is 13.2 Å². The van der Waals surface area contributed by atoms with Crippen LogP contribution >= 0.6 is 11.6 Å². The molecule has 1 aromatic heterocycles. The van der Waals surface area contributed by atoms with Crippen LogP contribution in [0.15, 0.2) is 46.9 Å². The van der Waals surface area contributed by atoms with Crippen molar-refractivity contribution in [2.45, 2.75) is 6.04 Å². The van der Waals surface area contributed by atoms with Gasteiger partial charge in [0, 0.05) is 10.4 Å². The first-order valence-electron chi connectivity index (χ1n) is 6.39. The molecule has 0 aliphatic heterocycles. The Hall–Kier alpha value is -1.91. The fraction of sp³-hybridized carbons (Fsp3) is 0.125. The number of fused-ring (bicyclic) bond motifs is 1. The average molecular weight is 308 g/mol. The Balaban J connectivity index is 2.09. The van der Waals surface area contributed by atoms with Gasteiger partial charge in [-0.3, -0.25) is 0 Å². The standard InChI is InChI=1S/C16H12ClF2NO/c1-20-16(12-4-2-11(19)8-13(12)17)15-7-9-6-10(18)3-5-14(9)21-15/h2-8,16,20H,1H3. The van der Waals surface area contributed by atoms with Crippen molar-refractivity contribution in [1.82, 2.24) is 5.32 Å². The number of benzene rings is 2. The summed E-state index contributed by atoms with van der Waals surface area (Å²) in [4.78, 5) is 0. The van der Waals surface area contributed by atoms with Gasteiger partial charge in [0.15, 0.2) is 0 Å². The Kier molecular flexibility index (Phi) is 3.66. The molecule has 3 aromatic rings. The van der Waals surface area contributed by atoms with E-state index in [1.165, 1.54) is 24.3 Å². The summed E-state index contributed by atoms with van der Waals surface area (Å²) in [6, 6.07) is 9.93. The molecule has 0 saturated heterocycles. The Bertz CT molecular complexity index is 800. The van der Waals surface area contributed by atoms with Gasteiger partial charge in [-0.2, -0.15) is 0 Å². The number of halogens is 3. The summed E-state index contributed by atoms with van der Waals surface area (Å²) in [5.41, 5.74) is 1.28. The van der Waals surface area contributed by atoms with Gasteiger partial charge in [-0.15, -0.1) is 0 Å². The normalized spacial score (nSPS) is 12.8. The second-order valence-corrected chi connectivity index (χ2v) is 5.13. The first-order valence-corrected chi connectivity index (χ1v) is 6.77. The molecule has 5 heteroatoms. The van der Waals surface area contributed by atoms with Crippen molar-refractivity contribution in [1.29, 1.82) is 0 Å². The first kappa shape index (κ1) is 14.0. The molecule has 1 atom stereocenters. The molecule has 0 saturated carbocycles. The lowest BCUT2D eigenvalue weighted by Gasteiger charge is -2.15. The zero-order chi connectivity index (χ0) is 15.0. The molecule has 108 valence electrons. The van der Waals surface area contributed by atoms with E-state index in [9.17, 15) is 8.78 Å². The van der Waals surface area contributed by atoms with Gasteiger partial charge in [0.1, 0.15) is 23.0 Å². The largest absolute Gasteiger partial charge is 0.459 e. The van der Waals surface area contributed by atoms with Gasteiger partial charge < -0.3 is 9.73 Å². The van der Waals surface area contributed by atoms with Crippen LogP contribution in [0.2, 0.25) is 5.02 Å². The van der Waals surface area contributed by atoms with Crippen LogP contribution in [0.1, 0.15) is 17.4 Å². The highest BCUT2D eigenvalue weighted by atomic mass is 35.5. The van der Waals surface area contributed by atoms with Crippen molar-refractivity contribution in [2.24, 2.45) is 0 Å². The van der Waals surface area contributed by atoms with E-state index >= 15 is 0 Å². The predicted molar refractivity (Wildman–Crippen MR) is 78.5 cm³/mol. The van der Waals surface area contributed by atoms with Crippen LogP contribution in [0.5, 0.6) is 0 Å². The minimum absolute atomic E-state index is 0.306. The second kappa shape index (κ2) is 5.47. The van der Waals surface area contributed by atoms with Crippen molar-refractivity contribution in [3.05, 3.63) is 70.4 Å². The van der Waals surface area contributed by atoms with Crippen molar-refractivity contribution >= 4 is 22.6 Å². The van der Waals surface area contributed by atoms with E-state index in [-0.39, 0.29) is 11.9 Å². The molecule has 0 amide bonds. The van der Waals surface area contributed by atoms with Crippen molar-refractivity contribution in [3.63, 3.8) is 0 Å². The van der Waals surface area contributed by atoms with Crippen LogP contribution in [-0.2, 0) is 0 Å². The Morgan fingerprint density at radius 3 is 2.48 bits per heavy atom. The molecule has 0 bridgehead atoms. The molecule has 0 fully saturated rings. The third-order valence-electron chi connectivity index (χ3n) is 3.34. The highest BCUT2D eigenvalue weighted by Gasteiger charge is 2.20. The van der Waals surface area contributed by atoms with E-state index < -0.39 is 5.82 Å². The fourth-order valence-corrected chi connectivity index (χ4v) is 2.64. The zero-order valence-corrected chi connectivity index (χ0v) is 11.9. The summed E-state index contributed by atoms with van der Waals surface area (Å²) in [5.74, 6) is -0.132. The maximum atomic E-state index is 13.2. The molecule has 3 rings (SSSR count). The number of rotatable bonds is 3. The lowest BCUT2D eigenvalue weighted by molar-refractivity contribution is 0.491. The third-order valence-corrected chi connectivity index (χ3v) is 3.67. The number of furan rings is 1. The second-order valence-electron chi connectivity index (χ2n) is 4.72. The number of nitrogens with one attached hydrogen (secondary N) is 1. The minimum atomic E-state index is -0.398. The molecule has 2 nitrogen and oxygen atoms in total. The minimum Gasteiger partial charge on any atom is -0.459 e. The summed E-state index contributed by atoms with van der Waals surface area (Å²) < 4.78 is 32.1. The lowest BCUT2D eigenvalue weighted by Crippen LogP contribution is -2.17. The quantitative estimate of drug-likeness (QED) is 0.760. The number of hydrogen-bond donors (Lipinski definition) is 1. The molecule has 1 unspecified atom stereocenters. The summed E-state index contributed by atoms with van der Waals surface area (Å²) in [6.07, 6.45) is 0. The van der Waals surface area contributed by atoms with Crippen LogP contribution in [-0.4, -0.2) is 7.05 Å². The van der Waals surface area contributed by atoms with Crippen molar-refractivity contribution in [2.75, 3.05) is 7.05 Å². The molecule has 0 spiro atoms. The van der Waals surface area contributed by atoms with E-state index in [1.54, 1.807) is 25.2 Å². The highest BCUT2D eigenvalue weighted by Crippen LogP contribution is 2.32. The third kappa shape index (κ3) is 2.64. The van der Waals surface area contributed by atoms with Gasteiger partial charge in [0.05, 0.1) is 6.04 Å². The zero-order valence-electron chi connectivity index (χ0n) is 11.2. The Morgan fingerprint density at radius 1 is 1.05 bits per heavy atom. The van der Waals surface area contributed by atoms with Gasteiger partial charge in [0.25, 0.3) is 0 Å². The molecule has 1 N–H and O–H groups in total. The van der Waals surface area contributed by atoms with Crippen LogP contribution in [0.3, 0.4) is 0 Å². The lowest BCUT2D eigenvalue weighted by atomic mass is 10.0. The van der Waals surface area contributed by atoms with Gasteiger partial charge in [-0.1, -0.05) is 17.7 Å². The average Bonchev–Trinajstić information content (AvgIpc) is 2.84. The Morgan fingerprint density at radius 2 is 1.76 bits per heavy atom. The molecule has 0 aliphatic rings. The molecule has 1 heterocycles. The van der Waals surface area contributed by atoms with E-state index in [0.717, 1.165) is 0 Å². The van der Waals surface area contributed by atoms with Gasteiger partial charge in [-0.25, -0.2) is 8.78 Å². The fourth-order valence-electron chi connectivity index (χ4n) is 2.36. The summed E-state index contributed by atoms with van der Waals surface area (Å²) in [5, 5.41) is 4.05. The molecule has 0 aliphatic carbocycles. The Labute approximate surface area is 125 Å². The highest BCUT2D eigenvalue weighted by molar-refractivity contribution is 6.31. The van der Waals surface area contributed by atoms with Gasteiger partial charge in [0.2, 0.25) is 0 Å². The molecular weight excluding hydrogens is 296 g/mol. The van der Waals surface area contributed by atoms with Gasteiger partial charge >= 0.3 is 0 Å². The van der Waals surface area contributed by atoms with Crippen LogP contribution in [0.25, 0.3) is 11.0 Å². The van der Waals surface area contributed by atoms with E-state index in [4.69, 9.17) is 16.0 Å². The van der Waals surface area contributed by atoms with Crippen molar-refractivity contribution in [3.8, 4) is 0 Å². The summed E-state index contributed by atoms with van der Waals surface area (Å²) >= 11 is 6.10.